The Balaban J connectivity index is 2.57. The average Bonchev–Trinajstić information content (AvgIpc) is 2.31. The highest BCUT2D eigenvalue weighted by molar-refractivity contribution is 6.70. The Hall–Kier alpha value is 0.0569. The predicted molar refractivity (Wildman–Crippen MR) is 76.8 cm³/mol. The fourth-order valence-corrected chi connectivity index (χ4v) is 5.86. The summed E-state index contributed by atoms with van der Waals surface area (Å²) in [5.41, 5.74) is 0. The molecule has 0 aromatic carbocycles. The molecule has 0 spiro atoms. The summed E-state index contributed by atoms with van der Waals surface area (Å²) in [6, 6.07) is 0.688. The zero-order chi connectivity index (χ0) is 12.6. The number of hydrogen-bond acceptors (Lipinski definition) is 4. The Morgan fingerprint density at radius 1 is 0.824 bits per heavy atom. The Kier molecular flexibility index (Phi) is 7.30. The number of hydrogen-bond donors (Lipinski definition) is 4. The molecule has 0 amide bonds. The summed E-state index contributed by atoms with van der Waals surface area (Å²) in [4.78, 5) is 14.8. The highest BCUT2D eigenvalue weighted by atomic mass is 28.4. The van der Waals surface area contributed by atoms with Crippen molar-refractivity contribution in [1.29, 1.82) is 0 Å². The van der Waals surface area contributed by atoms with Gasteiger partial charge in [0.2, 0.25) is 0 Å². The van der Waals surface area contributed by atoms with Crippen molar-refractivity contribution in [3.8, 4) is 0 Å². The SMILES string of the molecule is CCN[Si](NCC)(NCC)NC1CCCCC1. The van der Waals surface area contributed by atoms with Gasteiger partial charge in [-0.1, -0.05) is 40.0 Å². The van der Waals surface area contributed by atoms with Crippen molar-refractivity contribution in [3.05, 3.63) is 0 Å². The lowest BCUT2D eigenvalue weighted by Crippen LogP contribution is -2.82. The maximum atomic E-state index is 3.88. The molecule has 1 fully saturated rings. The summed E-state index contributed by atoms with van der Waals surface area (Å²) >= 11 is 0. The van der Waals surface area contributed by atoms with E-state index in [0.29, 0.717) is 6.04 Å². The van der Waals surface area contributed by atoms with Gasteiger partial charge in [0.25, 0.3) is 0 Å². The fraction of sp³-hybridized carbons (Fsp3) is 1.00. The Bertz CT molecular complexity index is 178. The van der Waals surface area contributed by atoms with Gasteiger partial charge in [0.15, 0.2) is 0 Å². The van der Waals surface area contributed by atoms with Gasteiger partial charge in [0.05, 0.1) is 0 Å². The van der Waals surface area contributed by atoms with Crippen LogP contribution in [0.25, 0.3) is 0 Å². The summed E-state index contributed by atoms with van der Waals surface area (Å²) in [5, 5.41) is 0. The molecule has 4 nitrogen and oxygen atoms in total. The van der Waals surface area contributed by atoms with E-state index in [1.165, 1.54) is 32.1 Å². The maximum Gasteiger partial charge on any atom is 0.366 e. The lowest BCUT2D eigenvalue weighted by atomic mass is 9.96. The van der Waals surface area contributed by atoms with Gasteiger partial charge in [0.1, 0.15) is 0 Å². The topological polar surface area (TPSA) is 48.1 Å². The van der Waals surface area contributed by atoms with E-state index in [9.17, 15) is 0 Å². The van der Waals surface area contributed by atoms with Gasteiger partial charge >= 0.3 is 8.72 Å². The molecule has 17 heavy (non-hydrogen) atoms. The monoisotopic (exact) mass is 258 g/mol. The molecule has 0 heterocycles. The van der Waals surface area contributed by atoms with E-state index in [0.717, 1.165) is 19.6 Å². The summed E-state index contributed by atoms with van der Waals surface area (Å²) in [6.45, 7) is 9.56. The predicted octanol–water partition coefficient (Wildman–Crippen LogP) is 1.17. The molecule has 0 atom stereocenters. The minimum absolute atomic E-state index is 0.688. The van der Waals surface area contributed by atoms with Crippen LogP contribution in [0.1, 0.15) is 52.9 Å². The van der Waals surface area contributed by atoms with Crippen molar-refractivity contribution in [1.82, 2.24) is 19.9 Å². The van der Waals surface area contributed by atoms with Gasteiger partial charge in [0, 0.05) is 6.04 Å². The molecule has 0 saturated heterocycles. The van der Waals surface area contributed by atoms with Crippen LogP contribution in [0.2, 0.25) is 0 Å². The first-order chi connectivity index (χ1) is 8.26. The minimum Gasteiger partial charge on any atom is -0.301 e. The molecule has 1 aliphatic rings. The molecular weight excluding hydrogens is 228 g/mol. The summed E-state index contributed by atoms with van der Waals surface area (Å²) in [7, 11) is -1.88. The lowest BCUT2D eigenvalue weighted by Gasteiger charge is -2.37. The van der Waals surface area contributed by atoms with Gasteiger partial charge in [-0.15, -0.1) is 0 Å². The molecule has 4 N–H and O–H groups in total. The molecule has 102 valence electrons. The van der Waals surface area contributed by atoms with Crippen molar-refractivity contribution < 1.29 is 0 Å². The molecule has 0 aliphatic heterocycles. The van der Waals surface area contributed by atoms with E-state index in [2.05, 4.69) is 40.7 Å². The molecular formula is C12H30N4Si. The molecule has 0 bridgehead atoms. The van der Waals surface area contributed by atoms with Crippen LogP contribution in [0.3, 0.4) is 0 Å². The molecule has 5 heteroatoms. The van der Waals surface area contributed by atoms with Crippen molar-refractivity contribution in [2.45, 2.75) is 58.9 Å². The van der Waals surface area contributed by atoms with Gasteiger partial charge in [-0.25, -0.2) is 0 Å². The first kappa shape index (κ1) is 15.1. The highest BCUT2D eigenvalue weighted by Gasteiger charge is 2.35. The summed E-state index contributed by atoms with van der Waals surface area (Å²) < 4.78 is 0. The second-order valence-corrected chi connectivity index (χ2v) is 7.67. The number of nitrogens with one attached hydrogen (secondary N) is 4. The molecule has 0 unspecified atom stereocenters. The maximum absolute atomic E-state index is 3.88. The first-order valence-corrected chi connectivity index (χ1v) is 9.29. The van der Waals surface area contributed by atoms with Gasteiger partial charge in [-0.3, -0.25) is 4.98 Å². The first-order valence-electron chi connectivity index (χ1n) is 7.29. The van der Waals surface area contributed by atoms with E-state index in [1.54, 1.807) is 0 Å². The Labute approximate surface area is 108 Å². The molecule has 1 rings (SSSR count). The largest absolute Gasteiger partial charge is 0.366 e. The second kappa shape index (κ2) is 8.21. The smallest absolute Gasteiger partial charge is 0.301 e. The van der Waals surface area contributed by atoms with E-state index in [1.807, 2.05) is 0 Å². The van der Waals surface area contributed by atoms with Crippen LogP contribution in [0.15, 0.2) is 0 Å². The molecule has 1 saturated carbocycles. The van der Waals surface area contributed by atoms with E-state index < -0.39 is 8.72 Å². The van der Waals surface area contributed by atoms with Crippen LogP contribution in [0, 0.1) is 0 Å². The molecule has 0 radical (unpaired) electrons. The van der Waals surface area contributed by atoms with E-state index in [4.69, 9.17) is 0 Å². The minimum atomic E-state index is -1.88. The Morgan fingerprint density at radius 3 is 1.71 bits per heavy atom. The van der Waals surface area contributed by atoms with Crippen LogP contribution in [-0.4, -0.2) is 34.4 Å². The molecule has 0 aromatic rings. The zero-order valence-electron chi connectivity index (χ0n) is 11.7. The van der Waals surface area contributed by atoms with Crippen LogP contribution in [0.4, 0.5) is 0 Å². The summed E-state index contributed by atoms with van der Waals surface area (Å²) in [6.07, 6.45) is 6.84. The number of rotatable bonds is 8. The Morgan fingerprint density at radius 2 is 1.29 bits per heavy atom. The standard InChI is InChI=1S/C12H30N4Si/c1-4-13-17(14-5-2,15-6-3)16-12-10-8-7-9-11-12/h12-16H,4-11H2,1-3H3. The van der Waals surface area contributed by atoms with Crippen molar-refractivity contribution in [3.63, 3.8) is 0 Å². The zero-order valence-corrected chi connectivity index (χ0v) is 12.7. The van der Waals surface area contributed by atoms with Gasteiger partial charge < -0.3 is 14.9 Å². The van der Waals surface area contributed by atoms with Crippen LogP contribution in [-0.2, 0) is 0 Å². The lowest BCUT2D eigenvalue weighted by molar-refractivity contribution is 0.404. The van der Waals surface area contributed by atoms with E-state index >= 15 is 0 Å². The third-order valence-corrected chi connectivity index (χ3v) is 6.84. The third kappa shape index (κ3) is 5.05. The van der Waals surface area contributed by atoms with Crippen LogP contribution < -0.4 is 19.9 Å². The second-order valence-electron chi connectivity index (χ2n) is 4.82. The fourth-order valence-electron chi connectivity index (χ4n) is 2.69. The van der Waals surface area contributed by atoms with Crippen molar-refractivity contribution in [2.75, 3.05) is 19.6 Å². The van der Waals surface area contributed by atoms with Crippen molar-refractivity contribution >= 4 is 8.72 Å². The average molecular weight is 258 g/mol. The van der Waals surface area contributed by atoms with Gasteiger partial charge in [-0.05, 0) is 32.5 Å². The van der Waals surface area contributed by atoms with Crippen LogP contribution >= 0.6 is 0 Å². The molecule has 1 aliphatic carbocycles. The third-order valence-electron chi connectivity index (χ3n) is 3.35. The van der Waals surface area contributed by atoms with Crippen molar-refractivity contribution in [2.24, 2.45) is 0 Å². The van der Waals surface area contributed by atoms with Crippen LogP contribution in [0.5, 0.6) is 0 Å². The van der Waals surface area contributed by atoms with Gasteiger partial charge in [-0.2, -0.15) is 0 Å². The molecule has 0 aromatic heterocycles. The highest BCUT2D eigenvalue weighted by Crippen LogP contribution is 2.17. The van der Waals surface area contributed by atoms with E-state index in [-0.39, 0.29) is 0 Å². The quantitative estimate of drug-likeness (QED) is 0.494. The summed E-state index contributed by atoms with van der Waals surface area (Å²) in [5.74, 6) is 0. The normalized spacial score (nSPS) is 18.5.